The van der Waals surface area contributed by atoms with Gasteiger partial charge in [-0.25, -0.2) is 4.98 Å². The molecule has 3 heterocycles. The Morgan fingerprint density at radius 3 is 2.74 bits per heavy atom. The lowest BCUT2D eigenvalue weighted by molar-refractivity contribution is -0.138. The number of anilines is 1. The van der Waals surface area contributed by atoms with Crippen LogP contribution in [0.5, 0.6) is 5.75 Å². The van der Waals surface area contributed by atoms with Crippen LogP contribution in [0.2, 0.25) is 0 Å². The smallest absolute Gasteiger partial charge is 0.264 e. The Morgan fingerprint density at radius 2 is 2.04 bits per heavy atom. The number of carbonyl (C=O) groups excluding carboxylic acids is 1. The summed E-state index contributed by atoms with van der Waals surface area (Å²) >= 11 is 1.67. The summed E-state index contributed by atoms with van der Waals surface area (Å²) in [6.07, 6.45) is 0.321. The molecule has 1 aromatic carbocycles. The van der Waals surface area contributed by atoms with Crippen LogP contribution in [0.25, 0.3) is 0 Å². The van der Waals surface area contributed by atoms with Crippen LogP contribution in [0.4, 0.5) is 5.13 Å². The topological polar surface area (TPSA) is 45.7 Å². The van der Waals surface area contributed by atoms with Crippen molar-refractivity contribution in [2.24, 2.45) is 0 Å². The molecule has 0 spiro atoms. The average Bonchev–Trinajstić information content (AvgIpc) is 3.20. The molecule has 0 aliphatic carbocycles. The average molecular weight is 329 g/mol. The Morgan fingerprint density at radius 1 is 1.26 bits per heavy atom. The summed E-state index contributed by atoms with van der Waals surface area (Å²) in [4.78, 5) is 21.4. The van der Waals surface area contributed by atoms with Crippen LogP contribution >= 0.6 is 11.3 Å². The van der Waals surface area contributed by atoms with Gasteiger partial charge in [-0.15, -0.1) is 11.3 Å². The third-order valence-electron chi connectivity index (χ3n) is 4.39. The van der Waals surface area contributed by atoms with E-state index in [1.54, 1.807) is 11.3 Å². The summed E-state index contributed by atoms with van der Waals surface area (Å²) in [6, 6.07) is 7.90. The third kappa shape index (κ3) is 2.79. The van der Waals surface area contributed by atoms with E-state index in [1.165, 1.54) is 0 Å². The number of hydrogen-bond acceptors (Lipinski definition) is 5. The SMILES string of the molecule is Cc1csc(N2CCN(C(=O)[C@H]3Cc4ccccc4O3)CC2)n1. The van der Waals surface area contributed by atoms with E-state index >= 15 is 0 Å². The van der Waals surface area contributed by atoms with Crippen molar-refractivity contribution in [1.29, 1.82) is 0 Å². The lowest BCUT2D eigenvalue weighted by atomic mass is 10.1. The molecule has 0 bridgehead atoms. The second kappa shape index (κ2) is 5.85. The van der Waals surface area contributed by atoms with Crippen molar-refractivity contribution >= 4 is 22.4 Å². The first-order valence-corrected chi connectivity index (χ1v) is 8.79. The Bertz CT molecular complexity index is 697. The summed E-state index contributed by atoms with van der Waals surface area (Å²) in [5, 5.41) is 3.12. The molecule has 4 rings (SSSR count). The van der Waals surface area contributed by atoms with Gasteiger partial charge in [-0.1, -0.05) is 18.2 Å². The van der Waals surface area contributed by atoms with Gasteiger partial charge in [-0.05, 0) is 18.6 Å². The molecule has 2 aliphatic rings. The number of carbonyl (C=O) groups is 1. The number of thiazole rings is 1. The van der Waals surface area contributed by atoms with Gasteiger partial charge in [0.25, 0.3) is 5.91 Å². The summed E-state index contributed by atoms with van der Waals surface area (Å²) in [6.45, 7) is 5.13. The van der Waals surface area contributed by atoms with Crippen molar-refractivity contribution < 1.29 is 9.53 Å². The zero-order chi connectivity index (χ0) is 15.8. The largest absolute Gasteiger partial charge is 0.480 e. The molecule has 5 nitrogen and oxygen atoms in total. The van der Waals surface area contributed by atoms with Crippen LogP contribution in [0.1, 0.15) is 11.3 Å². The fourth-order valence-corrected chi connectivity index (χ4v) is 3.99. The Labute approximate surface area is 139 Å². The van der Waals surface area contributed by atoms with Crippen molar-refractivity contribution in [2.75, 3.05) is 31.1 Å². The van der Waals surface area contributed by atoms with Gasteiger partial charge in [0.2, 0.25) is 0 Å². The van der Waals surface area contributed by atoms with Crippen LogP contribution in [0.3, 0.4) is 0 Å². The van der Waals surface area contributed by atoms with Crippen molar-refractivity contribution in [1.82, 2.24) is 9.88 Å². The van der Waals surface area contributed by atoms with Gasteiger partial charge in [0.1, 0.15) is 5.75 Å². The van der Waals surface area contributed by atoms with Crippen LogP contribution in [0, 0.1) is 6.92 Å². The number of benzene rings is 1. The molecule has 23 heavy (non-hydrogen) atoms. The van der Waals surface area contributed by atoms with Gasteiger partial charge in [-0.3, -0.25) is 4.79 Å². The molecule has 1 aromatic heterocycles. The van der Waals surface area contributed by atoms with Crippen LogP contribution < -0.4 is 9.64 Å². The van der Waals surface area contributed by atoms with E-state index in [0.29, 0.717) is 6.42 Å². The second-order valence-corrected chi connectivity index (χ2v) is 6.84. The molecule has 1 amide bonds. The standard InChI is InChI=1S/C17H19N3O2S/c1-12-11-23-17(18-12)20-8-6-19(7-9-20)16(21)15-10-13-4-2-3-5-14(13)22-15/h2-5,11,15H,6-10H2,1H3/t15-/m1/s1. The van der Waals surface area contributed by atoms with Gasteiger partial charge in [0, 0.05) is 38.0 Å². The first kappa shape index (κ1) is 14.5. The van der Waals surface area contributed by atoms with Crippen LogP contribution in [-0.4, -0.2) is 48.1 Å². The molecule has 120 valence electrons. The number of piperazine rings is 1. The minimum atomic E-state index is -0.360. The normalized spacial score (nSPS) is 20.3. The van der Waals surface area contributed by atoms with Gasteiger partial charge in [0.05, 0.1) is 5.69 Å². The van der Waals surface area contributed by atoms with E-state index in [4.69, 9.17) is 4.74 Å². The third-order valence-corrected chi connectivity index (χ3v) is 5.41. The Hall–Kier alpha value is -2.08. The molecule has 6 heteroatoms. The molecule has 0 saturated carbocycles. The zero-order valence-electron chi connectivity index (χ0n) is 13.1. The number of ether oxygens (including phenoxy) is 1. The number of para-hydroxylation sites is 1. The molecule has 2 aliphatic heterocycles. The van der Waals surface area contributed by atoms with Gasteiger partial charge in [-0.2, -0.15) is 0 Å². The fourth-order valence-electron chi connectivity index (χ4n) is 3.13. The molecular formula is C17H19N3O2S. The highest BCUT2D eigenvalue weighted by Crippen LogP contribution is 2.29. The number of amides is 1. The fraction of sp³-hybridized carbons (Fsp3) is 0.412. The number of aromatic nitrogens is 1. The van der Waals surface area contributed by atoms with E-state index in [0.717, 1.165) is 48.3 Å². The number of hydrogen-bond donors (Lipinski definition) is 0. The van der Waals surface area contributed by atoms with Crippen LogP contribution in [-0.2, 0) is 11.2 Å². The number of rotatable bonds is 2. The molecule has 0 unspecified atom stereocenters. The van der Waals surface area contributed by atoms with Gasteiger partial charge in [0.15, 0.2) is 11.2 Å². The summed E-state index contributed by atoms with van der Waals surface area (Å²) in [5.74, 6) is 0.957. The van der Waals surface area contributed by atoms with E-state index in [9.17, 15) is 4.79 Å². The summed E-state index contributed by atoms with van der Waals surface area (Å²) in [7, 11) is 0. The van der Waals surface area contributed by atoms with E-state index < -0.39 is 0 Å². The minimum Gasteiger partial charge on any atom is -0.480 e. The minimum absolute atomic E-state index is 0.108. The predicted molar refractivity (Wildman–Crippen MR) is 90.2 cm³/mol. The highest BCUT2D eigenvalue weighted by molar-refractivity contribution is 7.13. The number of aryl methyl sites for hydroxylation is 1. The van der Waals surface area contributed by atoms with Gasteiger partial charge >= 0.3 is 0 Å². The monoisotopic (exact) mass is 329 g/mol. The maximum atomic E-state index is 12.7. The lowest BCUT2D eigenvalue weighted by Crippen LogP contribution is -2.52. The van der Waals surface area contributed by atoms with E-state index in [-0.39, 0.29) is 12.0 Å². The summed E-state index contributed by atoms with van der Waals surface area (Å²) < 4.78 is 5.82. The molecule has 0 radical (unpaired) electrons. The highest BCUT2D eigenvalue weighted by atomic mass is 32.1. The molecule has 1 fully saturated rings. The second-order valence-electron chi connectivity index (χ2n) is 6.00. The first-order valence-electron chi connectivity index (χ1n) is 7.91. The molecule has 1 saturated heterocycles. The lowest BCUT2D eigenvalue weighted by Gasteiger charge is -2.35. The highest BCUT2D eigenvalue weighted by Gasteiger charge is 2.33. The quantitative estimate of drug-likeness (QED) is 0.846. The van der Waals surface area contributed by atoms with Crippen molar-refractivity contribution in [2.45, 2.75) is 19.4 Å². The van der Waals surface area contributed by atoms with E-state index in [2.05, 4.69) is 15.3 Å². The van der Waals surface area contributed by atoms with Crippen LogP contribution in [0.15, 0.2) is 29.6 Å². The first-order chi connectivity index (χ1) is 11.2. The van der Waals surface area contributed by atoms with Gasteiger partial charge < -0.3 is 14.5 Å². The molecule has 1 atom stereocenters. The van der Waals surface area contributed by atoms with Crippen molar-refractivity contribution in [3.63, 3.8) is 0 Å². The Balaban J connectivity index is 1.37. The molecule has 2 aromatic rings. The molecule has 0 N–H and O–H groups in total. The Kier molecular flexibility index (Phi) is 3.69. The van der Waals surface area contributed by atoms with Crippen molar-refractivity contribution in [3.05, 3.63) is 40.9 Å². The summed E-state index contributed by atoms with van der Waals surface area (Å²) in [5.41, 5.74) is 2.18. The predicted octanol–water partition coefficient (Wildman–Crippen LogP) is 2.10. The molecular weight excluding hydrogens is 310 g/mol. The van der Waals surface area contributed by atoms with Crippen molar-refractivity contribution in [3.8, 4) is 5.75 Å². The van der Waals surface area contributed by atoms with E-state index in [1.807, 2.05) is 36.1 Å². The number of fused-ring (bicyclic) bond motifs is 1. The zero-order valence-corrected chi connectivity index (χ0v) is 13.9. The maximum absolute atomic E-state index is 12.7. The number of nitrogens with zero attached hydrogens (tertiary/aromatic N) is 3. The maximum Gasteiger partial charge on any atom is 0.264 e.